The molecule has 2 aromatic heterocycles. The summed E-state index contributed by atoms with van der Waals surface area (Å²) >= 11 is 0. The predicted molar refractivity (Wildman–Crippen MR) is 133 cm³/mol. The Morgan fingerprint density at radius 2 is 1.76 bits per heavy atom. The van der Waals surface area contributed by atoms with Crippen LogP contribution in [0.1, 0.15) is 72.0 Å². The second-order valence-electron chi connectivity index (χ2n) is 9.57. The molecule has 0 radical (unpaired) electrons. The van der Waals surface area contributed by atoms with E-state index in [2.05, 4.69) is 26.9 Å². The predicted octanol–water partition coefficient (Wildman–Crippen LogP) is 4.43. The van der Waals surface area contributed by atoms with E-state index >= 15 is 0 Å². The molecule has 3 aromatic rings. The third-order valence-electron chi connectivity index (χ3n) is 7.23. The molecule has 0 bridgehead atoms. The van der Waals surface area contributed by atoms with E-state index < -0.39 is 0 Å². The van der Waals surface area contributed by atoms with Gasteiger partial charge >= 0.3 is 0 Å². The minimum atomic E-state index is -0.0701. The number of fused-ring (bicyclic) bond motifs is 3. The number of benzene rings is 1. The molecule has 2 aliphatic heterocycles. The van der Waals surface area contributed by atoms with Crippen LogP contribution in [0, 0.1) is 6.92 Å². The molecule has 0 aliphatic carbocycles. The molecule has 1 saturated heterocycles. The fraction of sp³-hybridized carbons (Fsp3) is 0.519. The van der Waals surface area contributed by atoms with Crippen molar-refractivity contribution in [3.05, 3.63) is 53.0 Å². The van der Waals surface area contributed by atoms with Crippen LogP contribution >= 0.6 is 0 Å². The highest BCUT2D eigenvalue weighted by atomic mass is 16.5. The van der Waals surface area contributed by atoms with Gasteiger partial charge in [-0.1, -0.05) is 25.0 Å². The maximum absolute atomic E-state index is 13.5. The number of aromatic nitrogens is 3. The van der Waals surface area contributed by atoms with Crippen molar-refractivity contribution in [3.63, 3.8) is 0 Å². The zero-order chi connectivity index (χ0) is 23.5. The Morgan fingerprint density at radius 1 is 1.03 bits per heavy atom. The van der Waals surface area contributed by atoms with Gasteiger partial charge in [-0.25, -0.2) is 9.97 Å². The average molecular weight is 462 g/mol. The van der Waals surface area contributed by atoms with Crippen molar-refractivity contribution in [2.45, 2.75) is 64.5 Å². The van der Waals surface area contributed by atoms with E-state index in [-0.39, 0.29) is 11.9 Å². The molecule has 5 rings (SSSR count). The van der Waals surface area contributed by atoms with E-state index in [1.165, 1.54) is 31.2 Å². The number of piperidine rings is 1. The third kappa shape index (κ3) is 4.67. The van der Waals surface area contributed by atoms with Crippen LogP contribution in [0.15, 0.2) is 30.3 Å². The van der Waals surface area contributed by atoms with Gasteiger partial charge in [0.05, 0.1) is 18.7 Å². The molecule has 34 heavy (non-hydrogen) atoms. The Balaban J connectivity index is 1.40. The molecule has 7 nitrogen and oxygen atoms in total. The number of hydrogen-bond acceptors (Lipinski definition) is 5. The first kappa shape index (κ1) is 22.8. The number of pyridine rings is 1. The lowest BCUT2D eigenvalue weighted by molar-refractivity contribution is 0.0925. The van der Waals surface area contributed by atoms with Gasteiger partial charge in [-0.15, -0.1) is 0 Å². The Bertz CT molecular complexity index is 1150. The van der Waals surface area contributed by atoms with Gasteiger partial charge in [0.1, 0.15) is 17.1 Å². The van der Waals surface area contributed by atoms with Gasteiger partial charge in [0.25, 0.3) is 5.91 Å². The number of nitrogens with one attached hydrogen (secondary N) is 1. The number of ether oxygens (including phenoxy) is 1. The number of nitrogens with zero attached hydrogens (tertiary/aromatic N) is 4. The lowest BCUT2D eigenvalue weighted by Crippen LogP contribution is -2.40. The van der Waals surface area contributed by atoms with Crippen molar-refractivity contribution in [3.8, 4) is 5.75 Å². The Labute approximate surface area is 201 Å². The fourth-order valence-electron chi connectivity index (χ4n) is 5.39. The van der Waals surface area contributed by atoms with Gasteiger partial charge in [0.15, 0.2) is 5.65 Å². The van der Waals surface area contributed by atoms with Crippen LogP contribution in [0.4, 0.5) is 0 Å². The molecule has 0 spiro atoms. The van der Waals surface area contributed by atoms with Gasteiger partial charge < -0.3 is 14.6 Å². The quantitative estimate of drug-likeness (QED) is 0.588. The Kier molecular flexibility index (Phi) is 6.81. The highest BCUT2D eigenvalue weighted by Crippen LogP contribution is 2.27. The molecule has 0 saturated carbocycles. The first-order chi connectivity index (χ1) is 16.6. The number of carbonyl (C=O) groups is 1. The van der Waals surface area contributed by atoms with E-state index in [1.54, 1.807) is 7.11 Å². The number of carbonyl (C=O) groups excluding carboxylic acids is 1. The van der Waals surface area contributed by atoms with E-state index in [0.29, 0.717) is 12.1 Å². The van der Waals surface area contributed by atoms with Crippen molar-refractivity contribution in [1.82, 2.24) is 24.8 Å². The number of amides is 1. The van der Waals surface area contributed by atoms with Crippen molar-refractivity contribution < 1.29 is 9.53 Å². The second-order valence-corrected chi connectivity index (χ2v) is 9.57. The third-order valence-corrected chi connectivity index (χ3v) is 7.23. The van der Waals surface area contributed by atoms with Crippen LogP contribution in [0.25, 0.3) is 11.2 Å². The summed E-state index contributed by atoms with van der Waals surface area (Å²) in [5.74, 6) is 1.84. The zero-order valence-corrected chi connectivity index (χ0v) is 20.3. The van der Waals surface area contributed by atoms with E-state index in [1.807, 2.05) is 25.1 Å². The highest BCUT2D eigenvalue weighted by molar-refractivity contribution is 6.04. The Morgan fingerprint density at radius 3 is 2.53 bits per heavy atom. The van der Waals surface area contributed by atoms with Crippen LogP contribution in [-0.2, 0) is 13.0 Å². The van der Waals surface area contributed by atoms with Crippen LogP contribution in [0.3, 0.4) is 0 Å². The molecule has 1 amide bonds. The molecule has 2 aliphatic rings. The minimum absolute atomic E-state index is 0.0701. The standard InChI is InChI=1S/C27H35N5O2/c1-19-17-22(25-26(29-19)32-16-8-3-5-9-24(32)30-25)27(33)28-18-23(31-14-6-4-7-15-31)20-10-12-21(34-2)13-11-20/h10-13,17,23H,3-9,14-16,18H2,1-2H3,(H,28,33). The summed E-state index contributed by atoms with van der Waals surface area (Å²) in [5, 5.41) is 3.25. The maximum atomic E-state index is 13.5. The molecular weight excluding hydrogens is 426 g/mol. The number of likely N-dealkylation sites (tertiary alicyclic amines) is 1. The van der Waals surface area contributed by atoms with Crippen molar-refractivity contribution in [2.24, 2.45) is 0 Å². The number of methoxy groups -OCH3 is 1. The van der Waals surface area contributed by atoms with Gasteiger partial charge in [-0.2, -0.15) is 0 Å². The summed E-state index contributed by atoms with van der Waals surface area (Å²) in [6.07, 6.45) is 8.11. The SMILES string of the molecule is COc1ccc(C(CNC(=O)c2cc(C)nc3c2nc2n3CCCCC2)N2CCCCC2)cc1. The van der Waals surface area contributed by atoms with Gasteiger partial charge in [0.2, 0.25) is 0 Å². The molecular formula is C27H35N5O2. The van der Waals surface area contributed by atoms with Gasteiger partial charge in [-0.05, 0) is 69.5 Å². The summed E-state index contributed by atoms with van der Waals surface area (Å²) < 4.78 is 7.57. The van der Waals surface area contributed by atoms with Crippen molar-refractivity contribution in [1.29, 1.82) is 0 Å². The fourth-order valence-corrected chi connectivity index (χ4v) is 5.39. The van der Waals surface area contributed by atoms with E-state index in [0.717, 1.165) is 67.3 Å². The number of rotatable bonds is 6. The van der Waals surface area contributed by atoms with Crippen LogP contribution in [0.5, 0.6) is 5.75 Å². The lowest BCUT2D eigenvalue weighted by Gasteiger charge is -2.35. The van der Waals surface area contributed by atoms with E-state index in [4.69, 9.17) is 14.7 Å². The molecule has 1 N–H and O–H groups in total. The smallest absolute Gasteiger partial charge is 0.253 e. The monoisotopic (exact) mass is 461 g/mol. The molecule has 7 heteroatoms. The normalized spacial score (nSPS) is 17.7. The Hall–Kier alpha value is -2.93. The maximum Gasteiger partial charge on any atom is 0.253 e. The van der Waals surface area contributed by atoms with Crippen LogP contribution in [-0.4, -0.2) is 52.1 Å². The summed E-state index contributed by atoms with van der Waals surface area (Å²) in [4.78, 5) is 25.6. The summed E-state index contributed by atoms with van der Waals surface area (Å²) in [7, 11) is 1.68. The summed E-state index contributed by atoms with van der Waals surface area (Å²) in [6.45, 7) is 5.55. The molecule has 1 aromatic carbocycles. The second kappa shape index (κ2) is 10.1. The zero-order valence-electron chi connectivity index (χ0n) is 20.3. The molecule has 1 unspecified atom stereocenters. The minimum Gasteiger partial charge on any atom is -0.497 e. The first-order valence-corrected chi connectivity index (χ1v) is 12.7. The largest absolute Gasteiger partial charge is 0.497 e. The van der Waals surface area contributed by atoms with Gasteiger partial charge in [-0.3, -0.25) is 9.69 Å². The first-order valence-electron chi connectivity index (χ1n) is 12.7. The summed E-state index contributed by atoms with van der Waals surface area (Å²) in [5.41, 5.74) is 4.28. The molecule has 1 fully saturated rings. The molecule has 4 heterocycles. The van der Waals surface area contributed by atoms with Crippen LogP contribution in [0.2, 0.25) is 0 Å². The van der Waals surface area contributed by atoms with Gasteiger partial charge in [0, 0.05) is 25.2 Å². The van der Waals surface area contributed by atoms with Crippen molar-refractivity contribution in [2.75, 3.05) is 26.7 Å². The summed E-state index contributed by atoms with van der Waals surface area (Å²) in [6, 6.07) is 10.3. The number of hydrogen-bond donors (Lipinski definition) is 1. The van der Waals surface area contributed by atoms with Crippen LogP contribution < -0.4 is 10.1 Å². The average Bonchev–Trinajstić information content (AvgIpc) is 3.04. The number of imidazole rings is 1. The van der Waals surface area contributed by atoms with Crippen molar-refractivity contribution >= 4 is 17.1 Å². The topological polar surface area (TPSA) is 72.3 Å². The highest BCUT2D eigenvalue weighted by Gasteiger charge is 2.25. The lowest BCUT2D eigenvalue weighted by atomic mass is 10.0. The number of aryl methyl sites for hydroxylation is 3. The molecule has 1 atom stereocenters. The van der Waals surface area contributed by atoms with E-state index in [9.17, 15) is 4.79 Å². The molecule has 180 valence electrons.